The number of hydrazine groups is 1. The van der Waals surface area contributed by atoms with E-state index in [4.69, 9.17) is 11.6 Å². The molecule has 0 bridgehead atoms. The quantitative estimate of drug-likeness (QED) is 0.364. The summed E-state index contributed by atoms with van der Waals surface area (Å²) in [6.45, 7) is 3.88. The Balaban J connectivity index is 1.53. The molecular formula is C21H19ClN4O2S. The summed E-state index contributed by atoms with van der Waals surface area (Å²) in [6.07, 6.45) is 0. The van der Waals surface area contributed by atoms with E-state index in [1.165, 1.54) is 11.8 Å². The fraction of sp³-hybridized carbons (Fsp3) is 0.143. The first-order valence-corrected chi connectivity index (χ1v) is 10.2. The maximum absolute atomic E-state index is 12.2. The van der Waals surface area contributed by atoms with E-state index in [0.717, 1.165) is 22.1 Å². The second-order valence-electron chi connectivity index (χ2n) is 6.33. The van der Waals surface area contributed by atoms with Gasteiger partial charge in [0.1, 0.15) is 0 Å². The maximum Gasteiger partial charge on any atom is 0.269 e. The molecule has 1 aromatic heterocycles. The summed E-state index contributed by atoms with van der Waals surface area (Å²) in [5.74, 6) is -0.126. The molecule has 0 aliphatic heterocycles. The molecule has 2 N–H and O–H groups in total. The number of hydrogen-bond donors (Lipinski definition) is 2. The van der Waals surface area contributed by atoms with Crippen LogP contribution in [0.2, 0.25) is 5.02 Å². The van der Waals surface area contributed by atoms with E-state index in [1.54, 1.807) is 36.4 Å². The van der Waals surface area contributed by atoms with Gasteiger partial charge in [-0.25, -0.2) is 9.97 Å². The molecule has 0 aliphatic carbocycles. The highest BCUT2D eigenvalue weighted by molar-refractivity contribution is 7.98. The highest BCUT2D eigenvalue weighted by Crippen LogP contribution is 2.20. The lowest BCUT2D eigenvalue weighted by Crippen LogP contribution is -2.41. The van der Waals surface area contributed by atoms with Gasteiger partial charge >= 0.3 is 0 Å². The third-order valence-corrected chi connectivity index (χ3v) is 5.11. The van der Waals surface area contributed by atoms with Gasteiger partial charge in [0.05, 0.1) is 0 Å². The van der Waals surface area contributed by atoms with Crippen LogP contribution in [0.25, 0.3) is 0 Å². The Bertz CT molecular complexity index is 1000. The average Bonchev–Trinajstić information content (AvgIpc) is 2.70. The zero-order chi connectivity index (χ0) is 20.8. The highest BCUT2D eigenvalue weighted by Gasteiger charge is 2.09. The van der Waals surface area contributed by atoms with Crippen LogP contribution in [0.1, 0.15) is 37.7 Å². The first kappa shape index (κ1) is 20.8. The van der Waals surface area contributed by atoms with Gasteiger partial charge in [-0.05, 0) is 61.9 Å². The minimum Gasteiger partial charge on any atom is -0.267 e. The van der Waals surface area contributed by atoms with E-state index < -0.39 is 11.8 Å². The Labute approximate surface area is 178 Å². The zero-order valence-corrected chi connectivity index (χ0v) is 17.5. The fourth-order valence-electron chi connectivity index (χ4n) is 2.52. The summed E-state index contributed by atoms with van der Waals surface area (Å²) in [5, 5.41) is 1.27. The molecular weight excluding hydrogens is 408 g/mol. The Morgan fingerprint density at radius 3 is 1.86 bits per heavy atom. The predicted octanol–water partition coefficient (Wildman–Crippen LogP) is 4.11. The molecule has 29 heavy (non-hydrogen) atoms. The van der Waals surface area contributed by atoms with Crippen molar-refractivity contribution >= 4 is 35.2 Å². The number of carbonyl (C=O) groups excluding carboxylic acids is 2. The third kappa shape index (κ3) is 6.04. The van der Waals surface area contributed by atoms with Gasteiger partial charge in [-0.3, -0.25) is 20.4 Å². The lowest BCUT2D eigenvalue weighted by atomic mass is 10.1. The number of aryl methyl sites for hydroxylation is 2. The van der Waals surface area contributed by atoms with E-state index in [9.17, 15) is 9.59 Å². The zero-order valence-electron chi connectivity index (χ0n) is 15.9. The first-order valence-electron chi connectivity index (χ1n) is 8.81. The second-order valence-corrected chi connectivity index (χ2v) is 7.71. The lowest BCUT2D eigenvalue weighted by Gasteiger charge is -2.08. The Morgan fingerprint density at radius 1 is 0.862 bits per heavy atom. The van der Waals surface area contributed by atoms with Crippen molar-refractivity contribution in [3.63, 3.8) is 0 Å². The molecule has 2 aromatic carbocycles. The van der Waals surface area contributed by atoms with Crippen molar-refractivity contribution in [1.82, 2.24) is 20.8 Å². The molecule has 0 radical (unpaired) electrons. The molecule has 0 fully saturated rings. The molecule has 148 valence electrons. The molecule has 6 nitrogen and oxygen atoms in total. The van der Waals surface area contributed by atoms with Crippen molar-refractivity contribution in [2.75, 3.05) is 0 Å². The third-order valence-electron chi connectivity index (χ3n) is 3.94. The van der Waals surface area contributed by atoms with Gasteiger partial charge in [0.2, 0.25) is 0 Å². The SMILES string of the molecule is Cc1cc(C)nc(SCc2ccc(C(=O)NNC(=O)c3ccc(Cl)cc3)cc2)n1. The predicted molar refractivity (Wildman–Crippen MR) is 114 cm³/mol. The van der Waals surface area contributed by atoms with Gasteiger partial charge < -0.3 is 0 Å². The van der Waals surface area contributed by atoms with Crippen LogP contribution in [-0.4, -0.2) is 21.8 Å². The van der Waals surface area contributed by atoms with Crippen molar-refractivity contribution in [3.05, 3.63) is 87.7 Å². The van der Waals surface area contributed by atoms with Gasteiger partial charge in [0.25, 0.3) is 11.8 Å². The Morgan fingerprint density at radius 2 is 1.34 bits per heavy atom. The Kier molecular flexibility index (Phi) is 6.85. The van der Waals surface area contributed by atoms with Crippen LogP contribution in [-0.2, 0) is 5.75 Å². The van der Waals surface area contributed by atoms with Gasteiger partial charge in [-0.2, -0.15) is 0 Å². The van der Waals surface area contributed by atoms with E-state index in [0.29, 0.717) is 21.9 Å². The molecule has 0 saturated carbocycles. The normalized spacial score (nSPS) is 10.4. The molecule has 0 saturated heterocycles. The van der Waals surface area contributed by atoms with Crippen molar-refractivity contribution in [3.8, 4) is 0 Å². The molecule has 2 amide bonds. The van der Waals surface area contributed by atoms with E-state index in [2.05, 4.69) is 20.8 Å². The van der Waals surface area contributed by atoms with E-state index in [-0.39, 0.29) is 0 Å². The monoisotopic (exact) mass is 426 g/mol. The smallest absolute Gasteiger partial charge is 0.267 e. The van der Waals surface area contributed by atoms with Crippen LogP contribution in [0.3, 0.4) is 0 Å². The van der Waals surface area contributed by atoms with E-state index >= 15 is 0 Å². The molecule has 8 heteroatoms. The van der Waals surface area contributed by atoms with Crippen molar-refractivity contribution in [2.24, 2.45) is 0 Å². The van der Waals surface area contributed by atoms with Gasteiger partial charge in [0.15, 0.2) is 5.16 Å². The second kappa shape index (κ2) is 9.54. The van der Waals surface area contributed by atoms with Crippen LogP contribution in [0, 0.1) is 13.8 Å². The summed E-state index contributed by atoms with van der Waals surface area (Å²) in [7, 11) is 0. The van der Waals surface area contributed by atoms with Gasteiger partial charge in [-0.1, -0.05) is 35.5 Å². The Hall–Kier alpha value is -2.90. The van der Waals surface area contributed by atoms with Crippen LogP contribution < -0.4 is 10.9 Å². The number of benzene rings is 2. The van der Waals surface area contributed by atoms with Crippen LogP contribution >= 0.6 is 23.4 Å². The van der Waals surface area contributed by atoms with Crippen molar-refractivity contribution < 1.29 is 9.59 Å². The topological polar surface area (TPSA) is 84.0 Å². The molecule has 0 aliphatic rings. The highest BCUT2D eigenvalue weighted by atomic mass is 35.5. The molecule has 1 heterocycles. The summed E-state index contributed by atoms with van der Waals surface area (Å²) in [6, 6.07) is 15.5. The maximum atomic E-state index is 12.2. The summed E-state index contributed by atoms with van der Waals surface area (Å²) >= 11 is 7.34. The molecule has 0 atom stereocenters. The van der Waals surface area contributed by atoms with Crippen LogP contribution in [0.5, 0.6) is 0 Å². The number of nitrogens with one attached hydrogen (secondary N) is 2. The molecule has 0 spiro atoms. The number of rotatable bonds is 5. The summed E-state index contributed by atoms with van der Waals surface area (Å²) in [4.78, 5) is 33.1. The first-order chi connectivity index (χ1) is 13.9. The number of nitrogens with zero attached hydrogens (tertiary/aromatic N) is 2. The number of halogens is 1. The number of aromatic nitrogens is 2. The standard InChI is InChI=1S/C21H19ClN4O2S/c1-13-11-14(2)24-21(23-13)29-12-15-3-5-16(6-4-15)19(27)25-26-20(28)17-7-9-18(22)10-8-17/h3-11H,12H2,1-2H3,(H,25,27)(H,26,28). The number of carbonyl (C=O) groups is 2. The molecule has 0 unspecified atom stereocenters. The molecule has 3 rings (SSSR count). The largest absolute Gasteiger partial charge is 0.269 e. The van der Waals surface area contributed by atoms with Gasteiger partial charge in [-0.15, -0.1) is 0 Å². The van der Waals surface area contributed by atoms with Crippen molar-refractivity contribution in [2.45, 2.75) is 24.8 Å². The number of hydrogen-bond acceptors (Lipinski definition) is 5. The minimum absolute atomic E-state index is 0.399. The minimum atomic E-state index is -0.420. The lowest BCUT2D eigenvalue weighted by molar-refractivity contribution is 0.0846. The average molecular weight is 427 g/mol. The number of thioether (sulfide) groups is 1. The number of amides is 2. The van der Waals surface area contributed by atoms with Gasteiger partial charge in [0, 0.05) is 33.3 Å². The summed E-state index contributed by atoms with van der Waals surface area (Å²) < 4.78 is 0. The summed E-state index contributed by atoms with van der Waals surface area (Å²) in [5.41, 5.74) is 8.55. The van der Waals surface area contributed by atoms with Crippen LogP contribution in [0.4, 0.5) is 0 Å². The van der Waals surface area contributed by atoms with Crippen molar-refractivity contribution in [1.29, 1.82) is 0 Å². The molecule has 3 aromatic rings. The van der Waals surface area contributed by atoms with E-state index in [1.807, 2.05) is 32.0 Å². The van der Waals surface area contributed by atoms with Crippen LogP contribution in [0.15, 0.2) is 59.8 Å². The fourth-order valence-corrected chi connectivity index (χ4v) is 3.55.